The van der Waals surface area contributed by atoms with Gasteiger partial charge in [0.05, 0.1) is 0 Å². The van der Waals surface area contributed by atoms with Gasteiger partial charge in [0.15, 0.2) is 6.10 Å². The van der Waals surface area contributed by atoms with Crippen molar-refractivity contribution in [3.63, 3.8) is 0 Å². The Morgan fingerprint density at radius 3 is 2.38 bits per heavy atom. The number of nitrogens with one attached hydrogen (secondary N) is 1. The molecule has 0 heterocycles. The molecule has 0 radical (unpaired) electrons. The molecule has 21 heavy (non-hydrogen) atoms. The summed E-state index contributed by atoms with van der Waals surface area (Å²) in [4.78, 5) is 25.2. The van der Waals surface area contributed by atoms with Crippen LogP contribution in [0.3, 0.4) is 0 Å². The van der Waals surface area contributed by atoms with Crippen molar-refractivity contribution in [1.82, 2.24) is 10.2 Å². The molecule has 0 aliphatic carbocycles. The molecular weight excluding hydrogens is 268 g/mol. The number of carbonyl (C=O) groups excluding carboxylic acids is 2. The summed E-state index contributed by atoms with van der Waals surface area (Å²) in [5.41, 5.74) is 2.12. The van der Waals surface area contributed by atoms with Crippen molar-refractivity contribution in [3.8, 4) is 5.75 Å². The van der Waals surface area contributed by atoms with Gasteiger partial charge in [0.2, 0.25) is 5.91 Å². The second-order valence-electron chi connectivity index (χ2n) is 5.42. The van der Waals surface area contributed by atoms with E-state index in [0.717, 1.165) is 11.1 Å². The van der Waals surface area contributed by atoms with E-state index < -0.39 is 12.1 Å². The first-order valence-corrected chi connectivity index (χ1v) is 6.98. The number of carbonyl (C=O) groups is 2. The molecule has 116 valence electrons. The van der Waals surface area contributed by atoms with Gasteiger partial charge in [-0.3, -0.25) is 9.59 Å². The molecule has 2 amide bonds. The van der Waals surface area contributed by atoms with E-state index in [1.165, 1.54) is 4.90 Å². The van der Waals surface area contributed by atoms with Gasteiger partial charge in [-0.1, -0.05) is 12.1 Å². The van der Waals surface area contributed by atoms with Crippen molar-refractivity contribution in [1.29, 1.82) is 0 Å². The zero-order valence-electron chi connectivity index (χ0n) is 13.6. The predicted molar refractivity (Wildman–Crippen MR) is 82.3 cm³/mol. The van der Waals surface area contributed by atoms with Gasteiger partial charge in [-0.05, 0) is 44.9 Å². The van der Waals surface area contributed by atoms with Gasteiger partial charge in [0, 0.05) is 14.1 Å². The van der Waals surface area contributed by atoms with Crippen LogP contribution in [0, 0.1) is 13.8 Å². The summed E-state index contributed by atoms with van der Waals surface area (Å²) in [5, 5.41) is 2.66. The number of hydrogen-bond acceptors (Lipinski definition) is 3. The lowest BCUT2D eigenvalue weighted by Crippen LogP contribution is -2.48. The molecule has 2 atom stereocenters. The molecule has 5 nitrogen and oxygen atoms in total. The number of nitrogens with zero attached hydrogens (tertiary/aromatic N) is 1. The zero-order valence-corrected chi connectivity index (χ0v) is 13.6. The summed E-state index contributed by atoms with van der Waals surface area (Å²) in [6, 6.07) is 5.14. The molecule has 0 unspecified atom stereocenters. The summed E-state index contributed by atoms with van der Waals surface area (Å²) in [5.74, 6) is 0.227. The number of benzene rings is 1. The highest BCUT2D eigenvalue weighted by Gasteiger charge is 2.22. The molecule has 1 N–H and O–H groups in total. The Morgan fingerprint density at radius 1 is 1.19 bits per heavy atom. The quantitative estimate of drug-likeness (QED) is 0.898. The smallest absolute Gasteiger partial charge is 0.261 e. The zero-order chi connectivity index (χ0) is 16.2. The Kier molecular flexibility index (Phi) is 5.76. The fourth-order valence-corrected chi connectivity index (χ4v) is 1.88. The molecule has 5 heteroatoms. The predicted octanol–water partition coefficient (Wildman–Crippen LogP) is 1.66. The molecule has 0 aliphatic heterocycles. The van der Waals surface area contributed by atoms with E-state index in [1.54, 1.807) is 27.9 Å². The summed E-state index contributed by atoms with van der Waals surface area (Å²) in [6.07, 6.45) is -0.664. The topological polar surface area (TPSA) is 58.6 Å². The lowest BCUT2D eigenvalue weighted by molar-refractivity contribution is -0.136. The maximum Gasteiger partial charge on any atom is 0.261 e. The summed E-state index contributed by atoms with van der Waals surface area (Å²) >= 11 is 0. The van der Waals surface area contributed by atoms with Crippen LogP contribution in [0.5, 0.6) is 5.75 Å². The highest BCUT2D eigenvalue weighted by Crippen LogP contribution is 2.21. The number of aryl methyl sites for hydroxylation is 1. The highest BCUT2D eigenvalue weighted by molar-refractivity contribution is 5.88. The van der Waals surface area contributed by atoms with Gasteiger partial charge in [-0.25, -0.2) is 0 Å². The van der Waals surface area contributed by atoms with E-state index in [0.29, 0.717) is 5.75 Å². The molecule has 0 aliphatic rings. The minimum atomic E-state index is -0.664. The highest BCUT2D eigenvalue weighted by atomic mass is 16.5. The van der Waals surface area contributed by atoms with Crippen LogP contribution in [0.25, 0.3) is 0 Å². The Labute approximate surface area is 126 Å². The molecule has 0 aromatic heterocycles. The normalized spacial score (nSPS) is 13.2. The monoisotopic (exact) mass is 292 g/mol. The molecule has 1 aromatic carbocycles. The van der Waals surface area contributed by atoms with Crippen LogP contribution in [0.4, 0.5) is 0 Å². The average molecular weight is 292 g/mol. The van der Waals surface area contributed by atoms with Crippen molar-refractivity contribution in [2.75, 3.05) is 14.1 Å². The molecule has 0 saturated carbocycles. The van der Waals surface area contributed by atoms with Crippen molar-refractivity contribution in [2.45, 2.75) is 39.8 Å². The molecule has 1 rings (SSSR count). The fourth-order valence-electron chi connectivity index (χ4n) is 1.88. The SMILES string of the molecule is Cc1cccc(O[C@@H](C)C(=O)N[C@H](C)C(=O)N(C)C)c1C. The molecule has 0 spiro atoms. The molecular formula is C16H24N2O3. The van der Waals surface area contributed by atoms with Gasteiger partial charge >= 0.3 is 0 Å². The van der Waals surface area contributed by atoms with E-state index in [2.05, 4.69) is 5.32 Å². The molecule has 1 aromatic rings. The fraction of sp³-hybridized carbons (Fsp3) is 0.500. The van der Waals surface area contributed by atoms with Gasteiger partial charge in [-0.15, -0.1) is 0 Å². The number of likely N-dealkylation sites (N-methyl/N-ethyl adjacent to an activating group) is 1. The lowest BCUT2D eigenvalue weighted by atomic mass is 10.1. The molecule has 0 fully saturated rings. The Bertz CT molecular complexity index is 526. The van der Waals surface area contributed by atoms with Crippen molar-refractivity contribution in [3.05, 3.63) is 29.3 Å². The van der Waals surface area contributed by atoms with Crippen LogP contribution in [-0.2, 0) is 9.59 Å². The van der Waals surface area contributed by atoms with E-state index in [9.17, 15) is 9.59 Å². The second-order valence-corrected chi connectivity index (χ2v) is 5.42. The van der Waals surface area contributed by atoms with Crippen LogP contribution >= 0.6 is 0 Å². The minimum Gasteiger partial charge on any atom is -0.481 e. The van der Waals surface area contributed by atoms with Crippen LogP contribution in [0.2, 0.25) is 0 Å². The first kappa shape index (κ1) is 17.0. The second kappa shape index (κ2) is 7.11. The van der Waals surface area contributed by atoms with Gasteiger partial charge in [-0.2, -0.15) is 0 Å². The summed E-state index contributed by atoms with van der Waals surface area (Å²) in [7, 11) is 3.31. The van der Waals surface area contributed by atoms with Crippen LogP contribution < -0.4 is 10.1 Å². The van der Waals surface area contributed by atoms with Crippen molar-refractivity contribution in [2.24, 2.45) is 0 Å². The van der Waals surface area contributed by atoms with E-state index in [4.69, 9.17) is 4.74 Å². The van der Waals surface area contributed by atoms with Crippen LogP contribution in [0.15, 0.2) is 18.2 Å². The Balaban J connectivity index is 2.67. The summed E-state index contributed by atoms with van der Waals surface area (Å²) in [6.45, 7) is 7.27. The van der Waals surface area contributed by atoms with Gasteiger partial charge < -0.3 is 15.0 Å². The maximum absolute atomic E-state index is 12.1. The van der Waals surface area contributed by atoms with Gasteiger partial charge in [0.25, 0.3) is 5.91 Å². The minimum absolute atomic E-state index is 0.151. The number of ether oxygens (including phenoxy) is 1. The summed E-state index contributed by atoms with van der Waals surface area (Å²) < 4.78 is 5.69. The van der Waals surface area contributed by atoms with Gasteiger partial charge in [0.1, 0.15) is 11.8 Å². The molecule has 0 saturated heterocycles. The van der Waals surface area contributed by atoms with Crippen LogP contribution in [-0.4, -0.2) is 43.0 Å². The third-order valence-electron chi connectivity index (χ3n) is 3.40. The first-order valence-electron chi connectivity index (χ1n) is 6.98. The number of rotatable bonds is 5. The Hall–Kier alpha value is -2.04. The van der Waals surface area contributed by atoms with Crippen LogP contribution in [0.1, 0.15) is 25.0 Å². The lowest BCUT2D eigenvalue weighted by Gasteiger charge is -2.21. The standard InChI is InChI=1S/C16H24N2O3/c1-10-8-7-9-14(11(10)2)21-13(4)15(19)17-12(3)16(20)18(5)6/h7-9,12-13H,1-6H3,(H,17,19)/t12-,13+/m1/s1. The average Bonchev–Trinajstić information content (AvgIpc) is 2.42. The first-order chi connectivity index (χ1) is 9.73. The number of hydrogen-bond donors (Lipinski definition) is 1. The van der Waals surface area contributed by atoms with Crippen molar-refractivity contribution >= 4 is 11.8 Å². The third-order valence-corrected chi connectivity index (χ3v) is 3.40. The van der Waals surface area contributed by atoms with Crippen molar-refractivity contribution < 1.29 is 14.3 Å². The van der Waals surface area contributed by atoms with E-state index in [-0.39, 0.29) is 11.8 Å². The van der Waals surface area contributed by atoms with E-state index in [1.807, 2.05) is 32.0 Å². The van der Waals surface area contributed by atoms with E-state index >= 15 is 0 Å². The third kappa shape index (κ3) is 4.48. The number of amides is 2. The maximum atomic E-state index is 12.1. The largest absolute Gasteiger partial charge is 0.481 e. The Morgan fingerprint density at radius 2 is 1.81 bits per heavy atom. The molecule has 0 bridgehead atoms.